The molecule has 1 aliphatic carbocycles. The standard InChI is InChI=1S/C14H16BrNO/c1-10-9-11(7-8-13(10)15)14(17)16-12-5-3-2-4-6-12/h2-3,7-9,12H,4-6H2,1H3,(H,16,17). The van der Waals surface area contributed by atoms with E-state index in [0.717, 1.165) is 34.9 Å². The third kappa shape index (κ3) is 3.19. The molecule has 17 heavy (non-hydrogen) atoms. The van der Waals surface area contributed by atoms with Crippen molar-refractivity contribution in [3.8, 4) is 0 Å². The number of allylic oxidation sites excluding steroid dienone is 1. The first-order valence-corrected chi connectivity index (χ1v) is 6.68. The van der Waals surface area contributed by atoms with Gasteiger partial charge in [-0.15, -0.1) is 0 Å². The molecule has 2 rings (SSSR count). The van der Waals surface area contributed by atoms with Crippen molar-refractivity contribution < 1.29 is 4.79 Å². The van der Waals surface area contributed by atoms with E-state index < -0.39 is 0 Å². The van der Waals surface area contributed by atoms with Crippen LogP contribution in [0.25, 0.3) is 0 Å². The fourth-order valence-corrected chi connectivity index (χ4v) is 2.23. The lowest BCUT2D eigenvalue weighted by Crippen LogP contribution is -2.35. The van der Waals surface area contributed by atoms with Crippen molar-refractivity contribution in [2.75, 3.05) is 0 Å². The lowest BCUT2D eigenvalue weighted by Gasteiger charge is -2.19. The first-order valence-electron chi connectivity index (χ1n) is 5.89. The molecular weight excluding hydrogens is 278 g/mol. The van der Waals surface area contributed by atoms with Gasteiger partial charge in [-0.3, -0.25) is 4.79 Å². The van der Waals surface area contributed by atoms with Crippen LogP contribution in [0.3, 0.4) is 0 Å². The van der Waals surface area contributed by atoms with E-state index in [9.17, 15) is 4.79 Å². The van der Waals surface area contributed by atoms with Crippen LogP contribution in [-0.2, 0) is 0 Å². The van der Waals surface area contributed by atoms with Crippen molar-refractivity contribution in [3.05, 3.63) is 46.0 Å². The first-order chi connectivity index (χ1) is 8.16. The third-order valence-electron chi connectivity index (χ3n) is 3.02. The fourth-order valence-electron chi connectivity index (χ4n) is 1.98. The van der Waals surface area contributed by atoms with Gasteiger partial charge in [-0.2, -0.15) is 0 Å². The summed E-state index contributed by atoms with van der Waals surface area (Å²) in [6, 6.07) is 5.98. The molecule has 1 aliphatic rings. The Kier molecular flexibility index (Phi) is 4.00. The van der Waals surface area contributed by atoms with E-state index in [1.807, 2.05) is 25.1 Å². The summed E-state index contributed by atoms with van der Waals surface area (Å²) in [5.41, 5.74) is 1.82. The van der Waals surface area contributed by atoms with Gasteiger partial charge in [-0.25, -0.2) is 0 Å². The zero-order chi connectivity index (χ0) is 12.3. The van der Waals surface area contributed by atoms with Gasteiger partial charge in [-0.1, -0.05) is 28.1 Å². The molecule has 0 aliphatic heterocycles. The molecule has 3 heteroatoms. The number of hydrogen-bond donors (Lipinski definition) is 1. The second kappa shape index (κ2) is 5.50. The van der Waals surface area contributed by atoms with Crippen LogP contribution in [0.1, 0.15) is 35.2 Å². The normalized spacial score (nSPS) is 19.1. The highest BCUT2D eigenvalue weighted by Crippen LogP contribution is 2.18. The number of halogens is 1. The number of hydrogen-bond acceptors (Lipinski definition) is 1. The van der Waals surface area contributed by atoms with Crippen LogP contribution < -0.4 is 5.32 Å². The van der Waals surface area contributed by atoms with Gasteiger partial charge in [0.2, 0.25) is 0 Å². The Morgan fingerprint density at radius 1 is 1.41 bits per heavy atom. The molecule has 0 saturated heterocycles. The minimum Gasteiger partial charge on any atom is -0.349 e. The average Bonchev–Trinajstić information content (AvgIpc) is 2.34. The quantitative estimate of drug-likeness (QED) is 0.830. The summed E-state index contributed by atoms with van der Waals surface area (Å²) in [6.45, 7) is 1.99. The van der Waals surface area contributed by atoms with Crippen LogP contribution >= 0.6 is 15.9 Å². The molecular formula is C14H16BrNO. The molecule has 0 spiro atoms. The topological polar surface area (TPSA) is 29.1 Å². The van der Waals surface area contributed by atoms with Crippen LogP contribution in [0.4, 0.5) is 0 Å². The lowest BCUT2D eigenvalue weighted by molar-refractivity contribution is 0.0934. The van der Waals surface area contributed by atoms with Crippen molar-refractivity contribution in [3.63, 3.8) is 0 Å². The SMILES string of the molecule is Cc1cc(C(=O)NC2CC=CCC2)ccc1Br. The smallest absolute Gasteiger partial charge is 0.251 e. The van der Waals surface area contributed by atoms with Crippen LogP contribution in [0, 0.1) is 6.92 Å². The zero-order valence-corrected chi connectivity index (χ0v) is 11.5. The number of nitrogens with one attached hydrogen (secondary N) is 1. The minimum atomic E-state index is 0.0286. The molecule has 1 aromatic carbocycles. The lowest BCUT2D eigenvalue weighted by atomic mass is 10.0. The molecule has 0 bridgehead atoms. The molecule has 0 fully saturated rings. The van der Waals surface area contributed by atoms with Gasteiger partial charge in [0.05, 0.1) is 0 Å². The molecule has 0 saturated carbocycles. The Morgan fingerprint density at radius 2 is 2.24 bits per heavy atom. The largest absolute Gasteiger partial charge is 0.349 e. The first kappa shape index (κ1) is 12.4. The molecule has 1 amide bonds. The van der Waals surface area contributed by atoms with Crippen LogP contribution in [0.5, 0.6) is 0 Å². The average molecular weight is 294 g/mol. The maximum atomic E-state index is 12.0. The molecule has 1 unspecified atom stereocenters. The Hall–Kier alpha value is -1.09. The molecule has 1 aromatic rings. The highest BCUT2D eigenvalue weighted by molar-refractivity contribution is 9.10. The van der Waals surface area contributed by atoms with Crippen molar-refractivity contribution in [1.82, 2.24) is 5.32 Å². The molecule has 90 valence electrons. The summed E-state index contributed by atoms with van der Waals surface area (Å²) in [4.78, 5) is 12.0. The maximum absolute atomic E-state index is 12.0. The predicted molar refractivity (Wildman–Crippen MR) is 73.1 cm³/mol. The number of carbonyl (C=O) groups is 1. The second-order valence-corrected chi connectivity index (χ2v) is 5.27. The predicted octanol–water partition coefficient (Wildman–Crippen LogP) is 3.60. The van der Waals surface area contributed by atoms with Crippen LogP contribution in [0.2, 0.25) is 0 Å². The molecule has 2 nitrogen and oxygen atoms in total. The Balaban J connectivity index is 2.03. The molecule has 0 radical (unpaired) electrons. The zero-order valence-electron chi connectivity index (χ0n) is 9.87. The number of benzene rings is 1. The third-order valence-corrected chi connectivity index (χ3v) is 3.91. The van der Waals surface area contributed by atoms with Crippen molar-refractivity contribution in [2.24, 2.45) is 0 Å². The Labute approximate surface area is 110 Å². The highest BCUT2D eigenvalue weighted by Gasteiger charge is 2.14. The Bertz CT molecular complexity index is 454. The molecule has 1 N–H and O–H groups in total. The number of amides is 1. The molecule has 1 atom stereocenters. The summed E-state index contributed by atoms with van der Waals surface area (Å²) in [5.74, 6) is 0.0286. The van der Waals surface area contributed by atoms with E-state index >= 15 is 0 Å². The Morgan fingerprint density at radius 3 is 2.88 bits per heavy atom. The molecule has 0 heterocycles. The van der Waals surface area contributed by atoms with E-state index in [-0.39, 0.29) is 11.9 Å². The van der Waals surface area contributed by atoms with Gasteiger partial charge < -0.3 is 5.32 Å². The second-order valence-electron chi connectivity index (χ2n) is 4.42. The van der Waals surface area contributed by atoms with Crippen LogP contribution in [0.15, 0.2) is 34.8 Å². The van der Waals surface area contributed by atoms with Gasteiger partial charge in [0, 0.05) is 16.1 Å². The summed E-state index contributed by atoms with van der Waals surface area (Å²) in [7, 11) is 0. The summed E-state index contributed by atoms with van der Waals surface area (Å²) in [5, 5.41) is 3.08. The maximum Gasteiger partial charge on any atom is 0.251 e. The van der Waals surface area contributed by atoms with Crippen molar-refractivity contribution >= 4 is 21.8 Å². The number of carbonyl (C=O) groups excluding carboxylic acids is 1. The van der Waals surface area contributed by atoms with E-state index in [1.54, 1.807) is 0 Å². The highest BCUT2D eigenvalue weighted by atomic mass is 79.9. The number of aryl methyl sites for hydroxylation is 1. The van der Waals surface area contributed by atoms with Crippen molar-refractivity contribution in [2.45, 2.75) is 32.2 Å². The van der Waals surface area contributed by atoms with E-state index in [4.69, 9.17) is 0 Å². The monoisotopic (exact) mass is 293 g/mol. The van der Waals surface area contributed by atoms with E-state index in [2.05, 4.69) is 33.4 Å². The fraction of sp³-hybridized carbons (Fsp3) is 0.357. The van der Waals surface area contributed by atoms with E-state index in [0.29, 0.717) is 0 Å². The van der Waals surface area contributed by atoms with Gasteiger partial charge in [0.1, 0.15) is 0 Å². The van der Waals surface area contributed by atoms with Gasteiger partial charge in [-0.05, 0) is 49.9 Å². The molecule has 0 aromatic heterocycles. The van der Waals surface area contributed by atoms with Crippen LogP contribution in [-0.4, -0.2) is 11.9 Å². The minimum absolute atomic E-state index is 0.0286. The summed E-state index contributed by atoms with van der Waals surface area (Å²) >= 11 is 3.44. The summed E-state index contributed by atoms with van der Waals surface area (Å²) in [6.07, 6.45) is 7.36. The summed E-state index contributed by atoms with van der Waals surface area (Å²) < 4.78 is 1.04. The van der Waals surface area contributed by atoms with Gasteiger partial charge >= 0.3 is 0 Å². The van der Waals surface area contributed by atoms with Gasteiger partial charge in [0.25, 0.3) is 5.91 Å². The van der Waals surface area contributed by atoms with Crippen molar-refractivity contribution in [1.29, 1.82) is 0 Å². The van der Waals surface area contributed by atoms with E-state index in [1.165, 1.54) is 0 Å². The van der Waals surface area contributed by atoms with Gasteiger partial charge in [0.15, 0.2) is 0 Å². The number of rotatable bonds is 2.